The van der Waals surface area contributed by atoms with Crippen molar-refractivity contribution in [1.29, 1.82) is 0 Å². The van der Waals surface area contributed by atoms with Crippen LogP contribution >= 0.6 is 0 Å². The molecule has 0 fully saturated rings. The Morgan fingerprint density at radius 2 is 0.750 bits per heavy atom. The van der Waals surface area contributed by atoms with E-state index in [0.29, 0.717) is 22.5 Å². The first kappa shape index (κ1) is 35.4. The minimum absolute atomic E-state index is 0.236. The Labute approximate surface area is 399 Å². The second kappa shape index (κ2) is 15.1. The number of hydrogen-bond donors (Lipinski definition) is 0. The van der Waals surface area contributed by atoms with Gasteiger partial charge in [-0.05, 0) is 121 Å². The van der Waals surface area contributed by atoms with Gasteiger partial charge in [0.25, 0.3) is 0 Å². The van der Waals surface area contributed by atoms with Gasteiger partial charge in [0, 0.05) is 37.3 Å². The molecule has 0 saturated heterocycles. The summed E-state index contributed by atoms with van der Waals surface area (Å²) in [6, 6.07) is 78.6. The average Bonchev–Trinajstić information content (AvgIpc) is 3.76. The molecule has 2 aliphatic rings. The van der Waals surface area contributed by atoms with E-state index in [1.165, 1.54) is 16.3 Å². The Morgan fingerprint density at radius 1 is 0.338 bits per heavy atom. The molecule has 0 N–H and O–H groups in total. The van der Waals surface area contributed by atoms with E-state index in [-0.39, 0.29) is 5.56 Å². The van der Waals surface area contributed by atoms with Crippen LogP contribution in [0.5, 0.6) is 0 Å². The first-order chi connectivity index (χ1) is 34.9. The van der Waals surface area contributed by atoms with Gasteiger partial charge in [-0.2, -0.15) is 0 Å². The summed E-state index contributed by atoms with van der Waals surface area (Å²) in [5.74, 6) is 0. The van der Waals surface area contributed by atoms with Crippen molar-refractivity contribution in [1.82, 2.24) is 14.5 Å². The minimum atomic E-state index is -2.50. The van der Waals surface area contributed by atoms with E-state index >= 15 is 0 Å². The van der Waals surface area contributed by atoms with Gasteiger partial charge in [0.1, 0.15) is 0 Å². The largest absolute Gasteiger partial charge is 0.309 e. The molecular weight excluding hydrogens is 823 g/mol. The van der Waals surface area contributed by atoms with Crippen LogP contribution in [-0.2, 0) is 0 Å². The standard InChI is InChI=1S/C65H41N3/c1-40-43(41-33-35-54-49-21-5-4-19-47(49)45-17-2-3-18-46(45)48-20-6-8-24-52(48)59(54)37-41)29-16-30-44(40)61-39-66-64-58-36-34-42(68-62-31-14-12-26-55(62)56-27-13-15-32-63(56)68)38-60(58)53-25-9-7-22-50(53)51-23-10-11-28-57(51)65(64)67-61/h2-39H,1H3/i1D3. The smallest absolute Gasteiger partial charge is 0.0979 e. The Bertz CT molecular complexity index is 4120. The molecular formula is C65H41N3. The van der Waals surface area contributed by atoms with Gasteiger partial charge in [-0.1, -0.05) is 194 Å². The number of benzene rings is 10. The molecule has 316 valence electrons. The Morgan fingerprint density at radius 3 is 1.31 bits per heavy atom. The zero-order valence-corrected chi connectivity index (χ0v) is 36.8. The van der Waals surface area contributed by atoms with Crippen LogP contribution in [0.2, 0.25) is 0 Å². The lowest BCUT2D eigenvalue weighted by Gasteiger charge is -2.24. The molecule has 2 aliphatic carbocycles. The molecule has 10 aromatic carbocycles. The van der Waals surface area contributed by atoms with Crippen molar-refractivity contribution in [3.05, 3.63) is 236 Å². The van der Waals surface area contributed by atoms with Gasteiger partial charge in [-0.3, -0.25) is 4.98 Å². The maximum absolute atomic E-state index is 9.21. The van der Waals surface area contributed by atoms with Crippen LogP contribution < -0.4 is 0 Å². The number of para-hydroxylation sites is 2. The first-order valence-electron chi connectivity index (χ1n) is 24.7. The van der Waals surface area contributed by atoms with Crippen molar-refractivity contribution in [3.8, 4) is 117 Å². The number of rotatable bonds is 3. The maximum Gasteiger partial charge on any atom is 0.0979 e. The zero-order chi connectivity index (χ0) is 47.4. The molecule has 3 nitrogen and oxygen atoms in total. The lowest BCUT2D eigenvalue weighted by atomic mass is 9.80. The summed E-state index contributed by atoms with van der Waals surface area (Å²) < 4.78 is 30.0. The van der Waals surface area contributed by atoms with Gasteiger partial charge in [-0.25, -0.2) is 4.98 Å². The van der Waals surface area contributed by atoms with Crippen molar-refractivity contribution < 1.29 is 4.11 Å². The summed E-state index contributed by atoms with van der Waals surface area (Å²) in [5.41, 5.74) is 22.5. The molecule has 0 unspecified atom stereocenters. The average molecular weight is 867 g/mol. The highest BCUT2D eigenvalue weighted by Gasteiger charge is 2.27. The van der Waals surface area contributed by atoms with Gasteiger partial charge >= 0.3 is 0 Å². The summed E-state index contributed by atoms with van der Waals surface area (Å²) in [5, 5.41) is 2.40. The quantitative estimate of drug-likeness (QED) is 0.177. The second-order valence-corrected chi connectivity index (χ2v) is 17.8. The van der Waals surface area contributed by atoms with Gasteiger partial charge < -0.3 is 4.57 Å². The Hall–Kier alpha value is -8.92. The molecule has 0 aliphatic heterocycles. The fourth-order valence-corrected chi connectivity index (χ4v) is 11.1. The number of nitrogens with zero attached hydrogens (tertiary/aromatic N) is 3. The maximum atomic E-state index is 9.21. The van der Waals surface area contributed by atoms with E-state index in [9.17, 15) is 4.11 Å². The van der Waals surface area contributed by atoms with E-state index in [1.54, 1.807) is 6.20 Å². The van der Waals surface area contributed by atoms with Crippen molar-refractivity contribution in [3.63, 3.8) is 0 Å². The number of aromatic nitrogens is 3. The SMILES string of the molecule is [2H]C([2H])([2H])c1c(-c2ccc3c(c2)-c2ccccc2-c2ccccc2-c2ccccc2-3)cccc1-c1cnc2c(n1)-c1ccccc1-c1ccccc1-c1cc(-n3c4ccccc4c4ccccc43)ccc1-2. The molecule has 0 radical (unpaired) electrons. The van der Waals surface area contributed by atoms with Crippen LogP contribution in [-0.4, -0.2) is 14.5 Å². The number of hydrogen-bond acceptors (Lipinski definition) is 2. The van der Waals surface area contributed by atoms with Crippen LogP contribution in [0.1, 0.15) is 9.68 Å². The Kier molecular flexibility index (Phi) is 7.83. The summed E-state index contributed by atoms with van der Waals surface area (Å²) >= 11 is 0. The summed E-state index contributed by atoms with van der Waals surface area (Å²) in [4.78, 5) is 10.8. The van der Waals surface area contributed by atoms with Crippen LogP contribution in [0.4, 0.5) is 0 Å². The lowest BCUT2D eigenvalue weighted by Crippen LogP contribution is -2.03. The summed E-state index contributed by atoms with van der Waals surface area (Å²) in [7, 11) is 0. The predicted octanol–water partition coefficient (Wildman–Crippen LogP) is 17.2. The van der Waals surface area contributed by atoms with Crippen molar-refractivity contribution in [2.24, 2.45) is 0 Å². The summed E-state index contributed by atoms with van der Waals surface area (Å²) in [6.45, 7) is -2.50. The topological polar surface area (TPSA) is 30.7 Å². The number of fused-ring (bicyclic) bond motifs is 19. The van der Waals surface area contributed by atoms with Crippen molar-refractivity contribution in [2.45, 2.75) is 6.85 Å². The van der Waals surface area contributed by atoms with Gasteiger partial charge in [0.2, 0.25) is 0 Å². The zero-order valence-electron chi connectivity index (χ0n) is 39.8. The molecule has 0 bridgehead atoms. The molecule has 0 atom stereocenters. The second-order valence-electron chi connectivity index (χ2n) is 17.8. The Balaban J connectivity index is 0.970. The predicted molar refractivity (Wildman–Crippen MR) is 283 cm³/mol. The first-order valence-corrected chi connectivity index (χ1v) is 23.2. The van der Waals surface area contributed by atoms with Gasteiger partial charge in [-0.15, -0.1) is 0 Å². The van der Waals surface area contributed by atoms with E-state index in [1.807, 2.05) is 24.3 Å². The van der Waals surface area contributed by atoms with Gasteiger partial charge in [0.05, 0.1) is 34.3 Å². The third-order valence-electron chi connectivity index (χ3n) is 14.2. The molecule has 3 heteroatoms. The van der Waals surface area contributed by atoms with E-state index in [4.69, 9.17) is 9.97 Å². The third kappa shape index (κ3) is 5.72. The van der Waals surface area contributed by atoms with Crippen LogP contribution in [0.15, 0.2) is 231 Å². The summed E-state index contributed by atoms with van der Waals surface area (Å²) in [6.07, 6.45) is 1.76. The molecule has 0 amide bonds. The third-order valence-corrected chi connectivity index (χ3v) is 14.2. The molecule has 0 saturated carbocycles. The van der Waals surface area contributed by atoms with E-state index in [2.05, 4.69) is 205 Å². The molecule has 12 aromatic rings. The van der Waals surface area contributed by atoms with Gasteiger partial charge in [0.15, 0.2) is 0 Å². The molecule has 0 spiro atoms. The van der Waals surface area contributed by atoms with Crippen molar-refractivity contribution in [2.75, 3.05) is 0 Å². The van der Waals surface area contributed by atoms with Crippen molar-refractivity contribution >= 4 is 21.8 Å². The monoisotopic (exact) mass is 866 g/mol. The molecule has 68 heavy (non-hydrogen) atoms. The highest BCUT2D eigenvalue weighted by atomic mass is 15.0. The molecule has 14 rings (SSSR count). The van der Waals surface area contributed by atoms with E-state index < -0.39 is 6.85 Å². The fraction of sp³-hybridized carbons (Fsp3) is 0.0154. The van der Waals surface area contributed by atoms with E-state index in [0.717, 1.165) is 100 Å². The lowest BCUT2D eigenvalue weighted by molar-refractivity contribution is 1.17. The molecule has 2 heterocycles. The minimum Gasteiger partial charge on any atom is -0.309 e. The fourth-order valence-electron chi connectivity index (χ4n) is 11.1. The van der Waals surface area contributed by atoms with Crippen LogP contribution in [0.3, 0.4) is 0 Å². The van der Waals surface area contributed by atoms with Crippen LogP contribution in [0.25, 0.3) is 139 Å². The normalized spacial score (nSPS) is 12.7. The van der Waals surface area contributed by atoms with Crippen LogP contribution in [0, 0.1) is 6.85 Å². The molecule has 2 aromatic heterocycles. The highest BCUT2D eigenvalue weighted by molar-refractivity contribution is 6.10. The highest BCUT2D eigenvalue weighted by Crippen LogP contribution is 2.50.